The van der Waals surface area contributed by atoms with Crippen LogP contribution in [0.25, 0.3) is 0 Å². The van der Waals surface area contributed by atoms with Gasteiger partial charge in [0.25, 0.3) is 0 Å². The smallest absolute Gasteiger partial charge is 0.407 e. The van der Waals surface area contributed by atoms with E-state index >= 15 is 0 Å². The summed E-state index contributed by atoms with van der Waals surface area (Å²) in [5.74, 6) is -0.144. The van der Waals surface area contributed by atoms with Crippen LogP contribution in [0, 0.1) is 0 Å². The van der Waals surface area contributed by atoms with Gasteiger partial charge in [-0.25, -0.2) is 15.1 Å². The molecule has 2 rings (SSSR count). The Labute approximate surface area is 154 Å². The van der Waals surface area contributed by atoms with Crippen molar-refractivity contribution in [2.24, 2.45) is 0 Å². The van der Waals surface area contributed by atoms with Crippen molar-refractivity contribution in [2.45, 2.75) is 57.8 Å². The van der Waals surface area contributed by atoms with E-state index in [0.717, 1.165) is 44.1 Å². The van der Waals surface area contributed by atoms with E-state index in [1.54, 1.807) is 0 Å². The number of hydrogen-bond donors (Lipinski definition) is 2. The Morgan fingerprint density at radius 2 is 1.96 bits per heavy atom. The Balaban J connectivity index is 1.41. The molecule has 0 saturated carbocycles. The predicted octanol–water partition coefficient (Wildman–Crippen LogP) is 3.05. The Kier molecular flexibility index (Phi) is 9.53. The lowest BCUT2D eigenvalue weighted by atomic mass is 10.2. The maximum atomic E-state index is 11.7. The summed E-state index contributed by atoms with van der Waals surface area (Å²) in [7, 11) is 0. The first-order valence-corrected chi connectivity index (χ1v) is 9.24. The molecule has 7 nitrogen and oxygen atoms in total. The lowest BCUT2D eigenvalue weighted by molar-refractivity contribution is -0.200. The summed E-state index contributed by atoms with van der Waals surface area (Å²) in [6.07, 6.45) is 4.93. The van der Waals surface area contributed by atoms with Gasteiger partial charge in [0.1, 0.15) is 6.61 Å². The Bertz CT molecular complexity index is 532. The number of hydroxylamine groups is 1. The van der Waals surface area contributed by atoms with E-state index in [1.165, 1.54) is 0 Å². The van der Waals surface area contributed by atoms with E-state index in [-0.39, 0.29) is 18.8 Å². The predicted molar refractivity (Wildman–Crippen MR) is 95.9 cm³/mol. The zero-order valence-corrected chi connectivity index (χ0v) is 15.1. The van der Waals surface area contributed by atoms with E-state index in [2.05, 4.69) is 10.8 Å². The molecule has 1 atom stereocenters. The second-order valence-corrected chi connectivity index (χ2v) is 6.24. The van der Waals surface area contributed by atoms with Crippen molar-refractivity contribution < 1.29 is 23.9 Å². The molecule has 0 unspecified atom stereocenters. The summed E-state index contributed by atoms with van der Waals surface area (Å²) in [6, 6.07) is 9.53. The van der Waals surface area contributed by atoms with Crippen LogP contribution in [0.5, 0.6) is 0 Å². The highest BCUT2D eigenvalue weighted by Crippen LogP contribution is 2.12. The molecule has 1 fully saturated rings. The van der Waals surface area contributed by atoms with E-state index < -0.39 is 6.09 Å². The number of amides is 2. The molecule has 7 heteroatoms. The maximum absolute atomic E-state index is 11.7. The van der Waals surface area contributed by atoms with E-state index in [1.807, 2.05) is 30.3 Å². The molecule has 0 radical (unpaired) electrons. The summed E-state index contributed by atoms with van der Waals surface area (Å²) in [5.41, 5.74) is 3.39. The minimum Gasteiger partial charge on any atom is -0.445 e. The van der Waals surface area contributed by atoms with Crippen LogP contribution in [0.4, 0.5) is 4.79 Å². The minimum atomic E-state index is -0.424. The second kappa shape index (κ2) is 12.3. The van der Waals surface area contributed by atoms with Crippen molar-refractivity contribution in [1.82, 2.24) is 10.8 Å². The summed E-state index contributed by atoms with van der Waals surface area (Å²) >= 11 is 0. The largest absolute Gasteiger partial charge is 0.445 e. The average molecular weight is 364 g/mol. The normalized spacial score (nSPS) is 16.7. The summed E-state index contributed by atoms with van der Waals surface area (Å²) in [5, 5.41) is 2.71. The molecule has 0 aromatic heterocycles. The number of carbonyl (C=O) groups excluding carboxylic acids is 2. The molecule has 26 heavy (non-hydrogen) atoms. The molecule has 1 aliphatic heterocycles. The van der Waals surface area contributed by atoms with Crippen molar-refractivity contribution in [3.63, 3.8) is 0 Å². The fraction of sp³-hybridized carbons (Fsp3) is 0.579. The number of benzene rings is 1. The Hall–Kier alpha value is -2.12. The second-order valence-electron chi connectivity index (χ2n) is 6.24. The van der Waals surface area contributed by atoms with Crippen molar-refractivity contribution >= 4 is 12.0 Å². The number of ether oxygens (including phenoxy) is 2. The molecule has 2 amide bonds. The first-order valence-electron chi connectivity index (χ1n) is 9.24. The number of nitrogens with one attached hydrogen (secondary N) is 2. The highest BCUT2D eigenvalue weighted by atomic mass is 16.8. The zero-order chi connectivity index (χ0) is 18.5. The number of hydrogen-bond acceptors (Lipinski definition) is 5. The van der Waals surface area contributed by atoms with Gasteiger partial charge < -0.3 is 14.8 Å². The molecule has 2 N–H and O–H groups in total. The standard InChI is InChI=1S/C19H28N2O5/c22-17(21-26-18-12-6-8-14-24-18)11-5-2-7-13-20-19(23)25-15-16-9-3-1-4-10-16/h1,3-4,9-10,18H,2,5-8,11-15H2,(H,20,23)(H,21,22)/t18-/m0/s1. The van der Waals surface area contributed by atoms with Crippen LogP contribution in [0.3, 0.4) is 0 Å². The topological polar surface area (TPSA) is 85.9 Å². The van der Waals surface area contributed by atoms with Crippen molar-refractivity contribution in [3.8, 4) is 0 Å². The van der Waals surface area contributed by atoms with Gasteiger partial charge in [-0.15, -0.1) is 0 Å². The van der Waals surface area contributed by atoms with Gasteiger partial charge in [0.2, 0.25) is 5.91 Å². The van der Waals surface area contributed by atoms with Crippen LogP contribution in [0.2, 0.25) is 0 Å². The number of carbonyl (C=O) groups is 2. The molecule has 1 saturated heterocycles. The summed E-state index contributed by atoms with van der Waals surface area (Å²) in [4.78, 5) is 28.5. The van der Waals surface area contributed by atoms with Gasteiger partial charge in [-0.1, -0.05) is 36.8 Å². The fourth-order valence-electron chi connectivity index (χ4n) is 2.54. The van der Waals surface area contributed by atoms with Gasteiger partial charge in [-0.3, -0.25) is 4.79 Å². The fourth-order valence-corrected chi connectivity index (χ4v) is 2.54. The number of alkyl carbamates (subject to hydrolysis) is 1. The lowest BCUT2D eigenvalue weighted by Crippen LogP contribution is -2.33. The molecule has 144 valence electrons. The third-order valence-corrected chi connectivity index (χ3v) is 4.00. The van der Waals surface area contributed by atoms with Gasteiger partial charge in [0, 0.05) is 26.0 Å². The first kappa shape index (κ1) is 20.2. The minimum absolute atomic E-state index is 0.144. The van der Waals surface area contributed by atoms with Gasteiger partial charge in [0.05, 0.1) is 0 Å². The summed E-state index contributed by atoms with van der Waals surface area (Å²) in [6.45, 7) is 1.47. The Morgan fingerprint density at radius 3 is 2.73 bits per heavy atom. The van der Waals surface area contributed by atoms with Crippen LogP contribution in [-0.4, -0.2) is 31.4 Å². The van der Waals surface area contributed by atoms with Crippen molar-refractivity contribution in [1.29, 1.82) is 0 Å². The molecule has 0 aliphatic carbocycles. The molecule has 1 aliphatic rings. The molecule has 1 heterocycles. The van der Waals surface area contributed by atoms with Gasteiger partial charge in [-0.2, -0.15) is 0 Å². The number of rotatable bonds is 10. The molecule has 1 aromatic rings. The molecule has 0 spiro atoms. The molecular weight excluding hydrogens is 336 g/mol. The highest BCUT2D eigenvalue weighted by Gasteiger charge is 2.15. The third-order valence-electron chi connectivity index (χ3n) is 4.00. The van der Waals surface area contributed by atoms with Crippen LogP contribution >= 0.6 is 0 Å². The van der Waals surface area contributed by atoms with Crippen LogP contribution in [0.1, 0.15) is 50.5 Å². The van der Waals surface area contributed by atoms with Crippen molar-refractivity contribution in [2.75, 3.05) is 13.2 Å². The first-order chi connectivity index (χ1) is 12.7. The SMILES string of the molecule is O=C(CCCCCNC(=O)OCc1ccccc1)NO[C@H]1CCCCO1. The summed E-state index contributed by atoms with van der Waals surface area (Å²) < 4.78 is 10.5. The van der Waals surface area contributed by atoms with E-state index in [9.17, 15) is 9.59 Å². The molecule has 0 bridgehead atoms. The maximum Gasteiger partial charge on any atom is 0.407 e. The van der Waals surface area contributed by atoms with Gasteiger partial charge in [-0.05, 0) is 31.2 Å². The number of unbranched alkanes of at least 4 members (excludes halogenated alkanes) is 2. The average Bonchev–Trinajstić information content (AvgIpc) is 2.69. The van der Waals surface area contributed by atoms with Crippen LogP contribution in [0.15, 0.2) is 30.3 Å². The van der Waals surface area contributed by atoms with Crippen molar-refractivity contribution in [3.05, 3.63) is 35.9 Å². The molecule has 1 aromatic carbocycles. The molecular formula is C19H28N2O5. The van der Waals surface area contributed by atoms with E-state index in [0.29, 0.717) is 19.6 Å². The highest BCUT2D eigenvalue weighted by molar-refractivity contribution is 5.74. The van der Waals surface area contributed by atoms with Gasteiger partial charge in [0.15, 0.2) is 6.29 Å². The monoisotopic (exact) mass is 364 g/mol. The van der Waals surface area contributed by atoms with E-state index in [4.69, 9.17) is 14.3 Å². The lowest BCUT2D eigenvalue weighted by Gasteiger charge is -2.22. The van der Waals surface area contributed by atoms with Crippen LogP contribution < -0.4 is 10.8 Å². The van der Waals surface area contributed by atoms with Gasteiger partial charge >= 0.3 is 6.09 Å². The quantitative estimate of drug-likeness (QED) is 0.492. The van der Waals surface area contributed by atoms with Crippen LogP contribution in [-0.2, 0) is 25.7 Å². The zero-order valence-electron chi connectivity index (χ0n) is 15.1. The Morgan fingerprint density at radius 1 is 1.12 bits per heavy atom. The third kappa shape index (κ3) is 8.82.